The Morgan fingerprint density at radius 1 is 0.820 bits per heavy atom. The van der Waals surface area contributed by atoms with Gasteiger partial charge in [-0.05, 0) is 127 Å². The molecule has 0 saturated carbocycles. The van der Waals surface area contributed by atoms with Crippen LogP contribution in [0.2, 0.25) is 0 Å². The smallest absolute Gasteiger partial charge is 0.331 e. The number of ether oxygens (including phenoxy) is 3. The van der Waals surface area contributed by atoms with Crippen molar-refractivity contribution in [3.05, 3.63) is 95.6 Å². The van der Waals surface area contributed by atoms with Crippen LogP contribution < -0.4 is 25.6 Å². The lowest BCUT2D eigenvalue weighted by atomic mass is 9.78. The molecule has 3 aromatic rings. The van der Waals surface area contributed by atoms with Gasteiger partial charge in [0.1, 0.15) is 29.0 Å². The van der Waals surface area contributed by atoms with E-state index in [2.05, 4.69) is 16.0 Å². The lowest BCUT2D eigenvalue weighted by molar-refractivity contribution is -0.162. The van der Waals surface area contributed by atoms with Gasteiger partial charge in [0, 0.05) is 30.6 Å². The van der Waals surface area contributed by atoms with Gasteiger partial charge in [-0.15, -0.1) is 0 Å². The van der Waals surface area contributed by atoms with E-state index in [1.807, 2.05) is 34.6 Å². The summed E-state index contributed by atoms with van der Waals surface area (Å²) in [5.74, 6) is -3.13. The Morgan fingerprint density at radius 3 is 1.90 bits per heavy atom. The number of amides is 4. The van der Waals surface area contributed by atoms with Crippen LogP contribution >= 0.6 is 0 Å². The molecule has 61 heavy (non-hydrogen) atoms. The van der Waals surface area contributed by atoms with E-state index in [4.69, 9.17) is 14.2 Å². The molecule has 0 bridgehead atoms. The van der Waals surface area contributed by atoms with Crippen molar-refractivity contribution in [3.63, 3.8) is 0 Å². The van der Waals surface area contributed by atoms with E-state index in [1.54, 1.807) is 49.9 Å². The molecule has 3 aromatic carbocycles. The quantitative estimate of drug-likeness (QED) is 0.0792. The first-order valence-corrected chi connectivity index (χ1v) is 20.4. The predicted molar refractivity (Wildman–Crippen MR) is 225 cm³/mol. The first kappa shape index (κ1) is 48.0. The Morgan fingerprint density at radius 2 is 1.39 bits per heavy atom. The minimum Gasteiger partial charge on any atom is -0.484 e. The highest BCUT2D eigenvalue weighted by molar-refractivity contribution is 6.04. The monoisotopic (exact) mass is 848 g/mol. The maximum atomic E-state index is 13.7. The van der Waals surface area contributed by atoms with Gasteiger partial charge in [0.15, 0.2) is 18.4 Å². The average Bonchev–Trinajstić information content (AvgIpc) is 3.16. The molecule has 0 radical (unpaired) electrons. The molecule has 13 nitrogen and oxygen atoms in total. The van der Waals surface area contributed by atoms with Crippen LogP contribution in [-0.4, -0.2) is 78.4 Å². The molecule has 2 saturated heterocycles. The average molecular weight is 849 g/mol. The predicted octanol–water partition coefficient (Wildman–Crippen LogP) is 6.39. The van der Waals surface area contributed by atoms with Crippen LogP contribution in [0.25, 0.3) is 0 Å². The van der Waals surface area contributed by atoms with Crippen molar-refractivity contribution in [2.75, 3.05) is 24.7 Å². The van der Waals surface area contributed by atoms with Gasteiger partial charge >= 0.3 is 5.97 Å². The van der Waals surface area contributed by atoms with Gasteiger partial charge in [-0.25, -0.2) is 13.6 Å². The van der Waals surface area contributed by atoms with Gasteiger partial charge in [-0.3, -0.25) is 24.0 Å². The van der Waals surface area contributed by atoms with Gasteiger partial charge in [-0.1, -0.05) is 26.0 Å². The molecule has 5 rings (SSSR count). The first-order chi connectivity index (χ1) is 28.6. The van der Waals surface area contributed by atoms with Crippen molar-refractivity contribution in [2.45, 2.75) is 110 Å². The van der Waals surface area contributed by atoms with Crippen molar-refractivity contribution in [1.29, 1.82) is 0 Å². The number of carbonyl (C=O) groups excluding carboxylic acids is 6. The summed E-state index contributed by atoms with van der Waals surface area (Å²) in [5.41, 5.74) is 0.196. The van der Waals surface area contributed by atoms with Gasteiger partial charge in [-0.2, -0.15) is 0 Å². The van der Waals surface area contributed by atoms with Crippen LogP contribution in [0, 0.1) is 23.5 Å². The van der Waals surface area contributed by atoms with Gasteiger partial charge in [0.25, 0.3) is 5.91 Å². The molecule has 330 valence electrons. The number of nitrogens with zero attached hydrogens (tertiary/aromatic N) is 1. The van der Waals surface area contributed by atoms with Crippen molar-refractivity contribution >= 4 is 41.1 Å². The SMILES string of the molecule is CC(C)C[C@@H](NC(=O)COc1ccc(C2C(CCC(=O)c3ccc(F)cc3)C(=O)N2c2ccc(F)cc2)cc1)C(=O)NC(COC(C)(C)C)C(=O)OC(C)(C)C.O=C1CCN1. The molecule has 4 amide bonds. The molecule has 2 fully saturated rings. The Bertz CT molecular complexity index is 1990. The molecule has 15 heteroatoms. The number of hydrogen-bond acceptors (Lipinski definition) is 9. The van der Waals surface area contributed by atoms with Crippen LogP contribution in [0.1, 0.15) is 103 Å². The topological polar surface area (TPSA) is 169 Å². The van der Waals surface area contributed by atoms with Crippen LogP contribution in [0.4, 0.5) is 14.5 Å². The van der Waals surface area contributed by atoms with E-state index >= 15 is 0 Å². The van der Waals surface area contributed by atoms with E-state index in [9.17, 15) is 37.5 Å². The summed E-state index contributed by atoms with van der Waals surface area (Å²) in [4.78, 5) is 77.2. The molecule has 2 aliphatic heterocycles. The zero-order chi connectivity index (χ0) is 45.1. The normalized spacial score (nSPS) is 17.1. The fraction of sp³-hybridized carbons (Fsp3) is 0.478. The molecule has 0 aliphatic carbocycles. The Hall–Kier alpha value is -5.70. The molecule has 0 spiro atoms. The van der Waals surface area contributed by atoms with E-state index in [0.717, 1.165) is 18.5 Å². The molecule has 4 atom stereocenters. The van der Waals surface area contributed by atoms with Crippen molar-refractivity contribution in [2.24, 2.45) is 11.8 Å². The molecule has 3 unspecified atom stereocenters. The second-order valence-electron chi connectivity index (χ2n) is 17.4. The van der Waals surface area contributed by atoms with Crippen molar-refractivity contribution in [3.8, 4) is 5.75 Å². The highest BCUT2D eigenvalue weighted by Gasteiger charge is 2.48. The second kappa shape index (κ2) is 21.2. The van der Waals surface area contributed by atoms with Gasteiger partial charge < -0.3 is 35.1 Å². The van der Waals surface area contributed by atoms with Crippen LogP contribution in [0.5, 0.6) is 5.75 Å². The van der Waals surface area contributed by atoms with Crippen molar-refractivity contribution < 1.29 is 51.8 Å². The fourth-order valence-electron chi connectivity index (χ4n) is 6.39. The summed E-state index contributed by atoms with van der Waals surface area (Å²) >= 11 is 0. The fourth-order valence-corrected chi connectivity index (χ4v) is 6.39. The number of ketones is 1. The van der Waals surface area contributed by atoms with E-state index in [1.165, 1.54) is 48.5 Å². The van der Waals surface area contributed by atoms with Crippen LogP contribution in [0.15, 0.2) is 72.8 Å². The minimum atomic E-state index is -1.11. The van der Waals surface area contributed by atoms with Gasteiger partial charge in [0.2, 0.25) is 17.7 Å². The Balaban J connectivity index is 0.00000152. The van der Waals surface area contributed by atoms with Crippen molar-refractivity contribution in [1.82, 2.24) is 16.0 Å². The lowest BCUT2D eigenvalue weighted by Gasteiger charge is -2.47. The van der Waals surface area contributed by atoms with E-state index in [0.29, 0.717) is 17.0 Å². The number of carbonyl (C=O) groups is 6. The minimum absolute atomic E-state index is 0.0167. The number of benzene rings is 3. The summed E-state index contributed by atoms with van der Waals surface area (Å²) in [6.07, 6.45) is 1.33. The van der Waals surface area contributed by atoms with E-state index < -0.39 is 71.3 Å². The highest BCUT2D eigenvalue weighted by Crippen LogP contribution is 2.46. The zero-order valence-corrected chi connectivity index (χ0v) is 36.1. The summed E-state index contributed by atoms with van der Waals surface area (Å²) in [6.45, 7) is 14.8. The third kappa shape index (κ3) is 15.1. The van der Waals surface area contributed by atoms with Crippen LogP contribution in [0.3, 0.4) is 0 Å². The maximum Gasteiger partial charge on any atom is 0.331 e. The second-order valence-corrected chi connectivity index (χ2v) is 17.4. The maximum absolute atomic E-state index is 13.7. The number of Topliss-reactive ketones (excluding diaryl/α,β-unsaturated/α-hetero) is 1. The first-order valence-electron chi connectivity index (χ1n) is 20.4. The molecular formula is C46H58F2N4O9. The summed E-state index contributed by atoms with van der Waals surface area (Å²) in [7, 11) is 0. The molecule has 2 heterocycles. The number of anilines is 1. The largest absolute Gasteiger partial charge is 0.484 e. The number of halogens is 2. The van der Waals surface area contributed by atoms with Crippen LogP contribution in [-0.2, 0) is 33.4 Å². The summed E-state index contributed by atoms with van der Waals surface area (Å²) < 4.78 is 44.2. The summed E-state index contributed by atoms with van der Waals surface area (Å²) in [5, 5.41) is 7.99. The Labute approximate surface area is 356 Å². The summed E-state index contributed by atoms with van der Waals surface area (Å²) in [6, 6.07) is 15.0. The Kier molecular flexibility index (Phi) is 16.7. The standard InChI is InChI=1S/C43H53F2N3O8.C3H5NO/c1-26(2)23-34(39(51)47-35(24-55-42(3,4)5)41(53)56-43(6,7)8)46-37(50)25-54-32-19-11-28(12-20-32)38-33(21-22-36(49)27-9-13-29(44)14-10-27)40(52)48(38)31-17-15-30(45)16-18-31;5-3-1-2-4-3/h9-20,26,33-35,38H,21-25H2,1-8H3,(H,46,50)(H,47,51);1-2H2,(H,4,5)/t33?,34-,35?,38?;/m1./s1. The number of esters is 1. The molecule has 3 N–H and O–H groups in total. The number of hydrogen-bond donors (Lipinski definition) is 3. The third-order valence-electron chi connectivity index (χ3n) is 9.48. The molecule has 2 aliphatic rings. The lowest BCUT2D eigenvalue weighted by Crippen LogP contribution is -2.55. The zero-order valence-electron chi connectivity index (χ0n) is 36.1. The number of nitrogens with one attached hydrogen (secondary N) is 3. The number of β-lactam (4-membered cyclic amide) rings is 2. The highest BCUT2D eigenvalue weighted by atomic mass is 19.1. The molecule has 0 aromatic heterocycles. The molecular weight excluding hydrogens is 791 g/mol. The van der Waals surface area contributed by atoms with Gasteiger partial charge in [0.05, 0.1) is 24.2 Å². The number of rotatable bonds is 17. The third-order valence-corrected chi connectivity index (χ3v) is 9.48. The van der Waals surface area contributed by atoms with E-state index in [-0.39, 0.29) is 49.4 Å².